The van der Waals surface area contributed by atoms with Crippen molar-refractivity contribution in [2.45, 2.75) is 37.1 Å². The molecule has 1 heterocycles. The Morgan fingerprint density at radius 2 is 1.90 bits per heavy atom. The summed E-state index contributed by atoms with van der Waals surface area (Å²) in [5, 5.41) is 3.22. The van der Waals surface area contributed by atoms with Crippen molar-refractivity contribution >= 4 is 10.0 Å². The number of hydrogen-bond donors (Lipinski definition) is 1. The Morgan fingerprint density at radius 1 is 1.30 bits per heavy atom. The minimum atomic E-state index is -3.74. The van der Waals surface area contributed by atoms with Gasteiger partial charge in [-0.05, 0) is 51.4 Å². The van der Waals surface area contributed by atoms with Crippen molar-refractivity contribution in [3.05, 3.63) is 29.6 Å². The lowest BCUT2D eigenvalue weighted by atomic mass is 9.91. The lowest BCUT2D eigenvalue weighted by molar-refractivity contribution is 0.219. The van der Waals surface area contributed by atoms with Crippen LogP contribution in [-0.2, 0) is 10.0 Å². The molecule has 0 aromatic heterocycles. The first-order chi connectivity index (χ1) is 9.28. The number of benzene rings is 1. The zero-order chi connectivity index (χ0) is 15.0. The zero-order valence-electron chi connectivity index (χ0n) is 12.1. The molecular weight excluding hydrogens is 279 g/mol. The molecule has 112 valence electrons. The van der Waals surface area contributed by atoms with Gasteiger partial charge in [0, 0.05) is 18.6 Å². The van der Waals surface area contributed by atoms with Crippen LogP contribution in [0.15, 0.2) is 23.1 Å². The predicted molar refractivity (Wildman–Crippen MR) is 76.6 cm³/mol. The molecule has 1 fully saturated rings. The highest BCUT2D eigenvalue weighted by Gasteiger charge is 2.35. The summed E-state index contributed by atoms with van der Waals surface area (Å²) in [6.45, 7) is 4.65. The standard InChI is InChI=1S/C14H21FN2O2S/c1-11-4-5-12(15)13(10-11)20(18,19)17-8-6-14(2,16-3)7-9-17/h4-5,10,16H,6-9H2,1-3H3. The Bertz CT molecular complexity index is 593. The monoisotopic (exact) mass is 300 g/mol. The van der Waals surface area contributed by atoms with Crippen molar-refractivity contribution < 1.29 is 12.8 Å². The third-order valence-corrected chi connectivity index (χ3v) is 6.05. The van der Waals surface area contributed by atoms with Crippen molar-refractivity contribution in [1.82, 2.24) is 9.62 Å². The highest BCUT2D eigenvalue weighted by Crippen LogP contribution is 2.27. The van der Waals surface area contributed by atoms with Crippen molar-refractivity contribution in [3.63, 3.8) is 0 Å². The minimum Gasteiger partial charge on any atom is -0.314 e. The van der Waals surface area contributed by atoms with Gasteiger partial charge in [0.05, 0.1) is 0 Å². The smallest absolute Gasteiger partial charge is 0.245 e. The number of halogens is 1. The number of sulfonamides is 1. The molecule has 0 spiro atoms. The molecule has 2 rings (SSSR count). The highest BCUT2D eigenvalue weighted by atomic mass is 32.2. The maximum atomic E-state index is 13.8. The summed E-state index contributed by atoms with van der Waals surface area (Å²) >= 11 is 0. The molecule has 1 aliphatic heterocycles. The quantitative estimate of drug-likeness (QED) is 0.927. The summed E-state index contributed by atoms with van der Waals surface area (Å²) in [7, 11) is -1.86. The molecule has 1 saturated heterocycles. The molecule has 1 aliphatic rings. The lowest BCUT2D eigenvalue weighted by Gasteiger charge is -2.38. The summed E-state index contributed by atoms with van der Waals surface area (Å²) in [4.78, 5) is -0.217. The fraction of sp³-hybridized carbons (Fsp3) is 0.571. The van der Waals surface area contributed by atoms with Gasteiger partial charge in [0.2, 0.25) is 10.0 Å². The Morgan fingerprint density at radius 3 is 2.45 bits per heavy atom. The van der Waals surface area contributed by atoms with Gasteiger partial charge in [-0.3, -0.25) is 0 Å². The van der Waals surface area contributed by atoms with Crippen molar-refractivity contribution in [1.29, 1.82) is 0 Å². The second-order valence-corrected chi connectivity index (χ2v) is 7.55. The van der Waals surface area contributed by atoms with Crippen LogP contribution >= 0.6 is 0 Å². The SMILES string of the molecule is CNC1(C)CCN(S(=O)(=O)c2cc(C)ccc2F)CC1. The normalized spacial score (nSPS) is 20.0. The average Bonchev–Trinajstić information content (AvgIpc) is 2.42. The van der Waals surface area contributed by atoms with Gasteiger partial charge in [-0.25, -0.2) is 12.8 Å². The predicted octanol–water partition coefficient (Wildman–Crippen LogP) is 1.90. The molecule has 1 aromatic rings. The van der Waals surface area contributed by atoms with Crippen LogP contribution in [0.25, 0.3) is 0 Å². The Hall–Kier alpha value is -0.980. The van der Waals surface area contributed by atoms with E-state index in [4.69, 9.17) is 0 Å². The molecule has 6 heteroatoms. The number of rotatable bonds is 3. The maximum absolute atomic E-state index is 13.8. The number of nitrogens with one attached hydrogen (secondary N) is 1. The molecule has 0 aliphatic carbocycles. The van der Waals surface area contributed by atoms with E-state index in [1.54, 1.807) is 13.0 Å². The van der Waals surface area contributed by atoms with E-state index in [9.17, 15) is 12.8 Å². The summed E-state index contributed by atoms with van der Waals surface area (Å²) in [6.07, 6.45) is 1.44. The molecule has 0 unspecified atom stereocenters. The van der Waals surface area contributed by atoms with Gasteiger partial charge in [0.15, 0.2) is 0 Å². The van der Waals surface area contributed by atoms with E-state index in [1.165, 1.54) is 16.4 Å². The zero-order valence-corrected chi connectivity index (χ0v) is 12.9. The van der Waals surface area contributed by atoms with Crippen LogP contribution in [0.1, 0.15) is 25.3 Å². The fourth-order valence-corrected chi connectivity index (χ4v) is 4.01. The molecule has 20 heavy (non-hydrogen) atoms. The van der Waals surface area contributed by atoms with E-state index in [-0.39, 0.29) is 10.4 Å². The van der Waals surface area contributed by atoms with Crippen molar-refractivity contribution in [3.8, 4) is 0 Å². The number of aryl methyl sites for hydroxylation is 1. The van der Waals surface area contributed by atoms with Gasteiger partial charge in [0.25, 0.3) is 0 Å². The van der Waals surface area contributed by atoms with Crippen LogP contribution in [0.5, 0.6) is 0 Å². The molecule has 0 radical (unpaired) electrons. The van der Waals surface area contributed by atoms with Gasteiger partial charge in [-0.1, -0.05) is 6.07 Å². The first kappa shape index (κ1) is 15.4. The molecule has 1 aromatic carbocycles. The van der Waals surface area contributed by atoms with Crippen LogP contribution in [0.4, 0.5) is 4.39 Å². The molecule has 0 saturated carbocycles. The van der Waals surface area contributed by atoms with Crippen LogP contribution < -0.4 is 5.32 Å². The third-order valence-electron chi connectivity index (χ3n) is 4.13. The van der Waals surface area contributed by atoms with Crippen LogP contribution in [-0.4, -0.2) is 38.4 Å². The summed E-state index contributed by atoms with van der Waals surface area (Å²) in [5.41, 5.74) is 0.694. The first-order valence-corrected chi connectivity index (χ1v) is 8.18. The Balaban J connectivity index is 2.26. The van der Waals surface area contributed by atoms with E-state index < -0.39 is 15.8 Å². The molecule has 0 atom stereocenters. The second-order valence-electron chi connectivity index (χ2n) is 5.65. The first-order valence-electron chi connectivity index (χ1n) is 6.74. The van der Waals surface area contributed by atoms with Crippen molar-refractivity contribution in [2.75, 3.05) is 20.1 Å². The van der Waals surface area contributed by atoms with E-state index in [1.807, 2.05) is 7.05 Å². The third kappa shape index (κ3) is 2.87. The summed E-state index contributed by atoms with van der Waals surface area (Å²) in [6, 6.07) is 4.18. The van der Waals surface area contributed by atoms with E-state index in [2.05, 4.69) is 12.2 Å². The number of nitrogens with zero attached hydrogens (tertiary/aromatic N) is 1. The molecular formula is C14H21FN2O2S. The van der Waals surface area contributed by atoms with E-state index in [0.717, 1.165) is 18.4 Å². The molecule has 4 nitrogen and oxygen atoms in total. The van der Waals surface area contributed by atoms with Crippen LogP contribution in [0.2, 0.25) is 0 Å². The number of hydrogen-bond acceptors (Lipinski definition) is 3. The Kier molecular flexibility index (Phi) is 4.18. The van der Waals surface area contributed by atoms with E-state index in [0.29, 0.717) is 13.1 Å². The maximum Gasteiger partial charge on any atom is 0.245 e. The van der Waals surface area contributed by atoms with Gasteiger partial charge >= 0.3 is 0 Å². The van der Waals surface area contributed by atoms with Gasteiger partial charge in [0.1, 0.15) is 10.7 Å². The Labute approximate surface area is 120 Å². The highest BCUT2D eigenvalue weighted by molar-refractivity contribution is 7.89. The minimum absolute atomic E-state index is 0.0445. The molecule has 0 amide bonds. The summed E-state index contributed by atoms with van der Waals surface area (Å²) in [5.74, 6) is -0.683. The lowest BCUT2D eigenvalue weighted by Crippen LogP contribution is -2.51. The number of piperidine rings is 1. The van der Waals surface area contributed by atoms with E-state index >= 15 is 0 Å². The fourth-order valence-electron chi connectivity index (χ4n) is 2.42. The van der Waals surface area contributed by atoms with Crippen LogP contribution in [0, 0.1) is 12.7 Å². The summed E-state index contributed by atoms with van der Waals surface area (Å²) < 4.78 is 40.2. The molecule has 0 bridgehead atoms. The van der Waals surface area contributed by atoms with Gasteiger partial charge < -0.3 is 5.32 Å². The largest absolute Gasteiger partial charge is 0.314 e. The molecule has 1 N–H and O–H groups in total. The average molecular weight is 300 g/mol. The second kappa shape index (κ2) is 5.42. The van der Waals surface area contributed by atoms with Gasteiger partial charge in [-0.2, -0.15) is 4.31 Å². The van der Waals surface area contributed by atoms with Crippen LogP contribution in [0.3, 0.4) is 0 Å². The van der Waals surface area contributed by atoms with Gasteiger partial charge in [-0.15, -0.1) is 0 Å². The topological polar surface area (TPSA) is 49.4 Å². The van der Waals surface area contributed by atoms with Crippen molar-refractivity contribution in [2.24, 2.45) is 0 Å².